The number of amides is 1. The number of hydrogen-bond acceptors (Lipinski definition) is 4. The molecule has 10 heteroatoms. The second kappa shape index (κ2) is 8.54. The van der Waals surface area contributed by atoms with Gasteiger partial charge in [-0.05, 0) is 24.4 Å². The number of rotatable bonds is 4. The molecule has 6 nitrogen and oxygen atoms in total. The van der Waals surface area contributed by atoms with E-state index >= 15 is 0 Å². The third-order valence-electron chi connectivity index (χ3n) is 2.53. The minimum Gasteiger partial charge on any atom is -0.465 e. The van der Waals surface area contributed by atoms with Gasteiger partial charge in [-0.2, -0.15) is 0 Å². The summed E-state index contributed by atoms with van der Waals surface area (Å²) in [6.07, 6.45) is -1.06. The van der Waals surface area contributed by atoms with Gasteiger partial charge in [0.1, 0.15) is 6.17 Å². The van der Waals surface area contributed by atoms with Gasteiger partial charge in [-0.25, -0.2) is 4.79 Å². The van der Waals surface area contributed by atoms with Gasteiger partial charge in [0, 0.05) is 6.92 Å². The van der Waals surface area contributed by atoms with Crippen molar-refractivity contribution in [3.8, 4) is 0 Å². The van der Waals surface area contributed by atoms with E-state index in [1.165, 1.54) is 14.0 Å². The fraction of sp³-hybridized carbons (Fsp3) is 0.308. The topological polar surface area (TPSA) is 79.5 Å². The van der Waals surface area contributed by atoms with Gasteiger partial charge >= 0.3 is 5.97 Å². The zero-order valence-corrected chi connectivity index (χ0v) is 15.2. The maximum absolute atomic E-state index is 11.7. The molecule has 0 heterocycles. The number of hydrogen-bond donors (Lipinski definition) is 3. The summed E-state index contributed by atoms with van der Waals surface area (Å²) in [5.41, 5.74) is 0.687. The lowest BCUT2D eigenvalue weighted by atomic mass is 10.2. The van der Waals surface area contributed by atoms with Crippen molar-refractivity contribution in [2.75, 3.05) is 12.4 Å². The number of alkyl halides is 3. The number of benzene rings is 1. The molecule has 1 atom stereocenters. The summed E-state index contributed by atoms with van der Waals surface area (Å²) in [6, 6.07) is 6.58. The van der Waals surface area contributed by atoms with E-state index < -0.39 is 21.8 Å². The van der Waals surface area contributed by atoms with Gasteiger partial charge in [-0.15, -0.1) is 0 Å². The van der Waals surface area contributed by atoms with Crippen LogP contribution in [0.5, 0.6) is 0 Å². The van der Waals surface area contributed by atoms with Crippen LogP contribution in [-0.2, 0) is 9.53 Å². The monoisotopic (exact) mass is 397 g/mol. The number of para-hydroxylation sites is 1. The molecule has 0 saturated carbocycles. The fourth-order valence-electron chi connectivity index (χ4n) is 1.57. The van der Waals surface area contributed by atoms with Gasteiger partial charge in [-0.1, -0.05) is 46.9 Å². The Bertz CT molecular complexity index is 608. The summed E-state index contributed by atoms with van der Waals surface area (Å²) in [5, 5.41) is 7.92. The fourth-order valence-corrected chi connectivity index (χ4v) is 2.13. The molecule has 0 aliphatic carbocycles. The Hall–Kier alpha value is -1.28. The molecule has 0 spiro atoms. The van der Waals surface area contributed by atoms with Crippen LogP contribution in [0.1, 0.15) is 17.3 Å². The van der Waals surface area contributed by atoms with Crippen LogP contribution < -0.4 is 16.0 Å². The molecule has 1 rings (SSSR count). The third kappa shape index (κ3) is 6.39. The molecule has 0 fully saturated rings. The lowest BCUT2D eigenvalue weighted by Gasteiger charge is -2.27. The third-order valence-corrected chi connectivity index (χ3v) is 3.41. The smallest absolute Gasteiger partial charge is 0.339 e. The van der Waals surface area contributed by atoms with Gasteiger partial charge in [-0.3, -0.25) is 4.79 Å². The lowest BCUT2D eigenvalue weighted by molar-refractivity contribution is -0.119. The number of ether oxygens (including phenoxy) is 1. The van der Waals surface area contributed by atoms with E-state index in [0.29, 0.717) is 5.69 Å². The van der Waals surface area contributed by atoms with E-state index in [1.807, 2.05) is 0 Å². The summed E-state index contributed by atoms with van der Waals surface area (Å²) in [7, 11) is 1.27. The largest absolute Gasteiger partial charge is 0.465 e. The summed E-state index contributed by atoms with van der Waals surface area (Å²) < 4.78 is 2.85. The highest BCUT2D eigenvalue weighted by atomic mass is 35.6. The first-order valence-corrected chi connectivity index (χ1v) is 7.78. The summed E-state index contributed by atoms with van der Waals surface area (Å²) >= 11 is 22.5. The number of esters is 1. The molecular weight excluding hydrogens is 385 g/mol. The molecule has 0 bridgehead atoms. The average Bonchev–Trinajstić information content (AvgIpc) is 2.45. The van der Waals surface area contributed by atoms with Gasteiger partial charge in [0.05, 0.1) is 18.4 Å². The molecule has 0 aliphatic rings. The van der Waals surface area contributed by atoms with E-state index in [1.54, 1.807) is 24.3 Å². The van der Waals surface area contributed by atoms with Crippen molar-refractivity contribution in [3.05, 3.63) is 29.8 Å². The molecule has 3 N–H and O–H groups in total. The molecule has 23 heavy (non-hydrogen) atoms. The van der Waals surface area contributed by atoms with E-state index in [-0.39, 0.29) is 10.7 Å². The molecule has 0 radical (unpaired) electrons. The first-order valence-electron chi connectivity index (χ1n) is 6.24. The van der Waals surface area contributed by atoms with E-state index in [0.717, 1.165) is 0 Å². The Labute approximate surface area is 153 Å². The number of carbonyl (C=O) groups excluding carboxylic acids is 2. The molecule has 126 valence electrons. The SMILES string of the molecule is COC(=O)c1ccccc1NC(=S)N[C@@H](NC(C)=O)C(Cl)(Cl)Cl. The standard InChI is InChI=1S/C13H14Cl3N3O3S/c1-7(20)17-11(13(14,15)16)19-12(23)18-9-6-4-3-5-8(9)10(21)22-2/h3-6,11H,1-2H3,(H,17,20)(H2,18,19,23)/t11-/m1/s1. The van der Waals surface area contributed by atoms with Gasteiger partial charge in [0.2, 0.25) is 9.70 Å². The summed E-state index contributed by atoms with van der Waals surface area (Å²) in [6.45, 7) is 1.27. The lowest BCUT2D eigenvalue weighted by Crippen LogP contribution is -2.55. The quantitative estimate of drug-likeness (QED) is 0.313. The summed E-state index contributed by atoms with van der Waals surface area (Å²) in [5.74, 6) is -0.942. The Morgan fingerprint density at radius 2 is 1.83 bits per heavy atom. The summed E-state index contributed by atoms with van der Waals surface area (Å²) in [4.78, 5) is 22.9. The molecule has 1 amide bonds. The zero-order chi connectivity index (χ0) is 17.6. The first-order chi connectivity index (χ1) is 10.6. The second-order valence-electron chi connectivity index (χ2n) is 4.31. The molecule has 1 aromatic rings. The van der Waals surface area contributed by atoms with Crippen LogP contribution >= 0.6 is 47.0 Å². The van der Waals surface area contributed by atoms with Crippen molar-refractivity contribution < 1.29 is 14.3 Å². The Morgan fingerprint density at radius 1 is 1.22 bits per heavy atom. The number of thiocarbonyl (C=S) groups is 1. The number of methoxy groups -OCH3 is 1. The first kappa shape index (κ1) is 19.8. The van der Waals surface area contributed by atoms with Crippen LogP contribution in [-0.4, -0.2) is 34.1 Å². The maximum Gasteiger partial charge on any atom is 0.339 e. The minimum absolute atomic E-state index is 0.0476. The highest BCUT2D eigenvalue weighted by Gasteiger charge is 2.34. The highest BCUT2D eigenvalue weighted by Crippen LogP contribution is 2.29. The Morgan fingerprint density at radius 3 is 2.35 bits per heavy atom. The Balaban J connectivity index is 2.87. The van der Waals surface area contributed by atoms with Gasteiger partial charge in [0.15, 0.2) is 5.11 Å². The molecular formula is C13H14Cl3N3O3S. The van der Waals surface area contributed by atoms with Crippen molar-refractivity contribution >= 4 is 69.7 Å². The van der Waals surface area contributed by atoms with Crippen molar-refractivity contribution in [3.63, 3.8) is 0 Å². The maximum atomic E-state index is 11.7. The molecule has 0 aliphatic heterocycles. The molecule has 1 aromatic carbocycles. The normalized spacial score (nSPS) is 12.0. The van der Waals surface area contributed by atoms with Crippen molar-refractivity contribution in [2.24, 2.45) is 0 Å². The number of halogens is 3. The van der Waals surface area contributed by atoms with Crippen LogP contribution in [0.15, 0.2) is 24.3 Å². The highest BCUT2D eigenvalue weighted by molar-refractivity contribution is 7.80. The van der Waals surface area contributed by atoms with Crippen molar-refractivity contribution in [1.29, 1.82) is 0 Å². The van der Waals surface area contributed by atoms with Gasteiger partial charge in [0.25, 0.3) is 0 Å². The van der Waals surface area contributed by atoms with E-state index in [2.05, 4.69) is 20.7 Å². The Kier molecular flexibility index (Phi) is 7.34. The number of anilines is 1. The minimum atomic E-state index is -1.83. The molecule has 0 aromatic heterocycles. The van der Waals surface area contributed by atoms with Crippen LogP contribution in [0.25, 0.3) is 0 Å². The van der Waals surface area contributed by atoms with E-state index in [9.17, 15) is 9.59 Å². The predicted molar refractivity (Wildman–Crippen MR) is 95.0 cm³/mol. The van der Waals surface area contributed by atoms with Crippen LogP contribution in [0, 0.1) is 0 Å². The van der Waals surface area contributed by atoms with E-state index in [4.69, 9.17) is 47.0 Å². The molecule has 0 unspecified atom stereocenters. The van der Waals surface area contributed by atoms with Gasteiger partial charge < -0.3 is 20.7 Å². The molecule has 0 saturated heterocycles. The zero-order valence-electron chi connectivity index (χ0n) is 12.2. The number of nitrogens with one attached hydrogen (secondary N) is 3. The van der Waals surface area contributed by atoms with Crippen LogP contribution in [0.4, 0.5) is 5.69 Å². The van der Waals surface area contributed by atoms with Crippen molar-refractivity contribution in [2.45, 2.75) is 16.9 Å². The predicted octanol–water partition coefficient (Wildman–Crippen LogP) is 2.59. The average molecular weight is 399 g/mol. The second-order valence-corrected chi connectivity index (χ2v) is 7.09. The van der Waals surface area contributed by atoms with Crippen molar-refractivity contribution in [1.82, 2.24) is 10.6 Å². The van der Waals surface area contributed by atoms with Crippen LogP contribution in [0.2, 0.25) is 0 Å². The number of carbonyl (C=O) groups is 2. The van der Waals surface area contributed by atoms with Crippen LogP contribution in [0.3, 0.4) is 0 Å².